The minimum absolute atomic E-state index is 0.0502. The molecule has 0 spiro atoms. The predicted molar refractivity (Wildman–Crippen MR) is 84.9 cm³/mol. The standard InChI is InChI=1S/C15H22N6/c1-11(21(4)10-12-8-6-5-7-9-12)13-17-14(16)19-15(18-13)20(2)3/h5-9,11H,10H2,1-4H3,(H2,16,17,18,19)/t11-/m0/s1. The van der Waals surface area contributed by atoms with Crippen LogP contribution in [0.4, 0.5) is 11.9 Å². The van der Waals surface area contributed by atoms with Crippen LogP contribution in [-0.4, -0.2) is 41.0 Å². The van der Waals surface area contributed by atoms with Crippen molar-refractivity contribution in [1.29, 1.82) is 0 Å². The number of nitrogens with zero attached hydrogens (tertiary/aromatic N) is 5. The third kappa shape index (κ3) is 3.88. The van der Waals surface area contributed by atoms with E-state index in [4.69, 9.17) is 5.73 Å². The van der Waals surface area contributed by atoms with Crippen molar-refractivity contribution in [2.24, 2.45) is 0 Å². The van der Waals surface area contributed by atoms with E-state index in [2.05, 4.69) is 38.9 Å². The van der Waals surface area contributed by atoms with Crippen LogP contribution in [0.3, 0.4) is 0 Å². The van der Waals surface area contributed by atoms with Crippen molar-refractivity contribution in [2.45, 2.75) is 19.5 Å². The molecule has 0 fully saturated rings. The van der Waals surface area contributed by atoms with Crippen molar-refractivity contribution in [3.8, 4) is 0 Å². The van der Waals surface area contributed by atoms with Crippen molar-refractivity contribution in [3.05, 3.63) is 41.7 Å². The summed E-state index contributed by atoms with van der Waals surface area (Å²) in [5, 5.41) is 0. The summed E-state index contributed by atoms with van der Waals surface area (Å²) in [5.41, 5.74) is 7.03. The number of benzene rings is 1. The van der Waals surface area contributed by atoms with Gasteiger partial charge < -0.3 is 10.6 Å². The lowest BCUT2D eigenvalue weighted by Gasteiger charge is -2.24. The molecule has 1 heterocycles. The molecule has 0 aliphatic rings. The molecule has 21 heavy (non-hydrogen) atoms. The topological polar surface area (TPSA) is 71.2 Å². The Balaban J connectivity index is 2.17. The molecule has 2 aromatic rings. The number of rotatable bonds is 5. The molecule has 0 unspecified atom stereocenters. The van der Waals surface area contributed by atoms with Gasteiger partial charge in [-0.05, 0) is 19.5 Å². The van der Waals surface area contributed by atoms with E-state index in [-0.39, 0.29) is 12.0 Å². The fraction of sp³-hybridized carbons (Fsp3) is 0.400. The second-order valence-electron chi connectivity index (χ2n) is 5.32. The second-order valence-corrected chi connectivity index (χ2v) is 5.32. The molecule has 6 nitrogen and oxygen atoms in total. The summed E-state index contributed by atoms with van der Waals surface area (Å²) >= 11 is 0. The SMILES string of the molecule is C[C@@H](c1nc(N)nc(N(C)C)n1)N(C)Cc1ccccc1. The van der Waals surface area contributed by atoms with Gasteiger partial charge in [0.15, 0.2) is 5.82 Å². The van der Waals surface area contributed by atoms with Crippen LogP contribution in [0.15, 0.2) is 30.3 Å². The highest BCUT2D eigenvalue weighted by Gasteiger charge is 2.17. The average molecular weight is 286 g/mol. The number of nitrogen functional groups attached to an aromatic ring is 1. The summed E-state index contributed by atoms with van der Waals surface area (Å²) in [6, 6.07) is 10.4. The second kappa shape index (κ2) is 6.49. The zero-order valence-corrected chi connectivity index (χ0v) is 13.0. The van der Waals surface area contributed by atoms with Crippen molar-refractivity contribution in [3.63, 3.8) is 0 Å². The number of hydrogen-bond acceptors (Lipinski definition) is 6. The van der Waals surface area contributed by atoms with Gasteiger partial charge in [-0.3, -0.25) is 4.90 Å². The number of nitrogens with two attached hydrogens (primary N) is 1. The third-order valence-corrected chi connectivity index (χ3v) is 3.37. The van der Waals surface area contributed by atoms with Crippen LogP contribution in [0, 0.1) is 0 Å². The van der Waals surface area contributed by atoms with Crippen LogP contribution in [-0.2, 0) is 6.54 Å². The molecular weight excluding hydrogens is 264 g/mol. The molecule has 0 aliphatic carbocycles. The maximum Gasteiger partial charge on any atom is 0.229 e. The van der Waals surface area contributed by atoms with Crippen molar-refractivity contribution < 1.29 is 0 Å². The normalized spacial score (nSPS) is 12.4. The number of aromatic nitrogens is 3. The quantitative estimate of drug-likeness (QED) is 0.902. The number of hydrogen-bond donors (Lipinski definition) is 1. The first-order valence-corrected chi connectivity index (χ1v) is 6.90. The number of anilines is 2. The molecule has 112 valence electrons. The predicted octanol–water partition coefficient (Wildman–Crippen LogP) is 1.71. The Morgan fingerprint density at radius 2 is 1.71 bits per heavy atom. The Hall–Kier alpha value is -2.21. The first-order chi connectivity index (χ1) is 9.97. The van der Waals surface area contributed by atoms with E-state index in [0.717, 1.165) is 6.54 Å². The molecule has 2 rings (SSSR count). The lowest BCUT2D eigenvalue weighted by molar-refractivity contribution is 0.243. The largest absolute Gasteiger partial charge is 0.368 e. The summed E-state index contributed by atoms with van der Waals surface area (Å²) in [4.78, 5) is 16.9. The minimum Gasteiger partial charge on any atom is -0.368 e. The molecule has 6 heteroatoms. The van der Waals surface area contributed by atoms with E-state index in [1.165, 1.54) is 5.56 Å². The van der Waals surface area contributed by atoms with E-state index in [1.807, 2.05) is 44.2 Å². The summed E-state index contributed by atoms with van der Waals surface area (Å²) in [6.07, 6.45) is 0. The molecule has 1 aromatic carbocycles. The molecule has 0 aliphatic heterocycles. The van der Waals surface area contributed by atoms with Gasteiger partial charge in [0.25, 0.3) is 0 Å². The molecule has 1 atom stereocenters. The van der Waals surface area contributed by atoms with Crippen LogP contribution >= 0.6 is 0 Å². The summed E-state index contributed by atoms with van der Waals surface area (Å²) in [7, 11) is 5.82. The third-order valence-electron chi connectivity index (χ3n) is 3.37. The average Bonchev–Trinajstić information content (AvgIpc) is 2.46. The van der Waals surface area contributed by atoms with Crippen molar-refractivity contribution in [2.75, 3.05) is 31.8 Å². The van der Waals surface area contributed by atoms with Gasteiger partial charge >= 0.3 is 0 Å². The molecule has 1 aromatic heterocycles. The van der Waals surface area contributed by atoms with Crippen LogP contribution in [0.5, 0.6) is 0 Å². The highest BCUT2D eigenvalue weighted by Crippen LogP contribution is 2.19. The molecule has 0 amide bonds. The molecule has 0 radical (unpaired) electrons. The summed E-state index contributed by atoms with van der Waals surface area (Å²) in [5.74, 6) is 1.52. The zero-order chi connectivity index (χ0) is 15.4. The molecule has 2 N–H and O–H groups in total. The van der Waals surface area contributed by atoms with Gasteiger partial charge in [0.05, 0.1) is 6.04 Å². The molecule has 0 saturated carbocycles. The van der Waals surface area contributed by atoms with Crippen LogP contribution in [0.1, 0.15) is 24.4 Å². The molecule has 0 bridgehead atoms. The van der Waals surface area contributed by atoms with Crippen LogP contribution in [0.25, 0.3) is 0 Å². The van der Waals surface area contributed by atoms with E-state index >= 15 is 0 Å². The Morgan fingerprint density at radius 1 is 1.05 bits per heavy atom. The Kier molecular flexibility index (Phi) is 4.70. The van der Waals surface area contributed by atoms with E-state index in [1.54, 1.807) is 0 Å². The van der Waals surface area contributed by atoms with Crippen molar-refractivity contribution >= 4 is 11.9 Å². The van der Waals surface area contributed by atoms with Gasteiger partial charge in [0.1, 0.15) is 0 Å². The van der Waals surface area contributed by atoms with Crippen LogP contribution < -0.4 is 10.6 Å². The fourth-order valence-electron chi connectivity index (χ4n) is 1.99. The maximum atomic E-state index is 5.78. The van der Waals surface area contributed by atoms with Gasteiger partial charge in [0, 0.05) is 20.6 Å². The van der Waals surface area contributed by atoms with Gasteiger partial charge in [-0.2, -0.15) is 15.0 Å². The zero-order valence-electron chi connectivity index (χ0n) is 13.0. The highest BCUT2D eigenvalue weighted by molar-refractivity contribution is 5.33. The summed E-state index contributed by atoms with van der Waals surface area (Å²) in [6.45, 7) is 2.89. The van der Waals surface area contributed by atoms with Gasteiger partial charge in [-0.25, -0.2) is 0 Å². The van der Waals surface area contributed by atoms with E-state index in [9.17, 15) is 0 Å². The smallest absolute Gasteiger partial charge is 0.229 e. The molecule has 0 saturated heterocycles. The van der Waals surface area contributed by atoms with E-state index < -0.39 is 0 Å². The Labute approximate surface area is 125 Å². The first kappa shape index (κ1) is 15.2. The molecular formula is C15H22N6. The van der Waals surface area contributed by atoms with Crippen molar-refractivity contribution in [1.82, 2.24) is 19.9 Å². The summed E-state index contributed by atoms with van der Waals surface area (Å²) < 4.78 is 0. The lowest BCUT2D eigenvalue weighted by atomic mass is 10.2. The van der Waals surface area contributed by atoms with E-state index in [0.29, 0.717) is 11.8 Å². The monoisotopic (exact) mass is 286 g/mol. The fourth-order valence-corrected chi connectivity index (χ4v) is 1.99. The van der Waals surface area contributed by atoms with Gasteiger partial charge in [-0.15, -0.1) is 0 Å². The van der Waals surface area contributed by atoms with Crippen LogP contribution in [0.2, 0.25) is 0 Å². The van der Waals surface area contributed by atoms with Gasteiger partial charge in [0.2, 0.25) is 11.9 Å². The van der Waals surface area contributed by atoms with Gasteiger partial charge in [-0.1, -0.05) is 30.3 Å². The minimum atomic E-state index is 0.0502. The first-order valence-electron chi connectivity index (χ1n) is 6.90. The lowest BCUT2D eigenvalue weighted by Crippen LogP contribution is -2.25. The highest BCUT2D eigenvalue weighted by atomic mass is 15.3. The Bertz CT molecular complexity index is 584. The Morgan fingerprint density at radius 3 is 2.33 bits per heavy atom. The maximum absolute atomic E-state index is 5.78.